The number of carbonyl (C=O) groups is 1. The summed E-state index contributed by atoms with van der Waals surface area (Å²) in [6.45, 7) is 9.39. The molecule has 1 aromatic rings. The number of nitrogens with zero attached hydrogens (tertiary/aromatic N) is 1. The summed E-state index contributed by atoms with van der Waals surface area (Å²) in [6.07, 6.45) is 1.47. The molecule has 1 N–H and O–H groups in total. The van der Waals surface area contributed by atoms with Crippen LogP contribution in [0.15, 0.2) is 35.8 Å². The van der Waals surface area contributed by atoms with Crippen molar-refractivity contribution < 1.29 is 14.6 Å². The van der Waals surface area contributed by atoms with Crippen molar-refractivity contribution in [3.8, 4) is 0 Å². The molecule has 0 radical (unpaired) electrons. The fourth-order valence-corrected chi connectivity index (χ4v) is 1.16. The van der Waals surface area contributed by atoms with Gasteiger partial charge in [-0.15, -0.1) is 0 Å². The van der Waals surface area contributed by atoms with E-state index in [0.717, 1.165) is 5.56 Å². The van der Waals surface area contributed by atoms with Crippen molar-refractivity contribution in [2.75, 3.05) is 7.11 Å². The number of aliphatic imine (C=N–C) groups is 1. The monoisotopic (exact) mass is 249 g/mol. The molecule has 0 atom stereocenters. The second-order valence-electron chi connectivity index (χ2n) is 3.16. The second-order valence-corrected chi connectivity index (χ2v) is 3.16. The highest BCUT2D eigenvalue weighted by molar-refractivity contribution is 5.92. The molecule has 1 aromatic carbocycles. The number of aromatic carboxylic acids is 1. The van der Waals surface area contributed by atoms with E-state index in [2.05, 4.69) is 11.6 Å². The van der Waals surface area contributed by atoms with Gasteiger partial charge in [-0.1, -0.05) is 26.5 Å². The summed E-state index contributed by atoms with van der Waals surface area (Å²) >= 11 is 0. The number of benzene rings is 1. The molecule has 0 saturated carbocycles. The van der Waals surface area contributed by atoms with Crippen molar-refractivity contribution in [1.82, 2.24) is 0 Å². The van der Waals surface area contributed by atoms with Crippen molar-refractivity contribution in [3.05, 3.63) is 42.0 Å². The SMILES string of the molecule is C=CC(=Nc1cc(C(=O)O)ccc1C)OC.CC. The first-order chi connectivity index (χ1) is 8.58. The van der Waals surface area contributed by atoms with E-state index >= 15 is 0 Å². The fourth-order valence-electron chi connectivity index (χ4n) is 1.16. The lowest BCUT2D eigenvalue weighted by Crippen LogP contribution is -1.98. The lowest BCUT2D eigenvalue weighted by Gasteiger charge is -2.04. The van der Waals surface area contributed by atoms with E-state index in [1.165, 1.54) is 25.3 Å². The fraction of sp³-hybridized carbons (Fsp3) is 0.286. The van der Waals surface area contributed by atoms with Crippen LogP contribution < -0.4 is 0 Å². The second kappa shape index (κ2) is 8.06. The van der Waals surface area contributed by atoms with E-state index < -0.39 is 5.97 Å². The lowest BCUT2D eigenvalue weighted by atomic mass is 10.1. The molecule has 1 rings (SSSR count). The van der Waals surface area contributed by atoms with Crippen LogP contribution in [0.4, 0.5) is 5.69 Å². The average Bonchev–Trinajstić information content (AvgIpc) is 2.39. The van der Waals surface area contributed by atoms with Crippen molar-refractivity contribution in [1.29, 1.82) is 0 Å². The van der Waals surface area contributed by atoms with Gasteiger partial charge in [0.15, 0.2) is 0 Å². The standard InChI is InChI=1S/C12H13NO3.C2H6/c1-4-11(16-3)13-10-7-9(12(14)15)6-5-8(10)2;1-2/h4-7H,1H2,2-3H3,(H,14,15);1-2H3. The lowest BCUT2D eigenvalue weighted by molar-refractivity contribution is 0.0697. The van der Waals surface area contributed by atoms with E-state index in [0.29, 0.717) is 11.6 Å². The number of methoxy groups -OCH3 is 1. The molecule has 0 unspecified atom stereocenters. The van der Waals surface area contributed by atoms with Crippen molar-refractivity contribution >= 4 is 17.6 Å². The normalized spacial score (nSPS) is 10.1. The number of hydrogen-bond acceptors (Lipinski definition) is 3. The third-order valence-electron chi connectivity index (χ3n) is 2.07. The summed E-state index contributed by atoms with van der Waals surface area (Å²) < 4.78 is 4.94. The van der Waals surface area contributed by atoms with Crippen molar-refractivity contribution in [3.63, 3.8) is 0 Å². The van der Waals surface area contributed by atoms with Gasteiger partial charge in [-0.05, 0) is 30.7 Å². The predicted octanol–water partition coefficient (Wildman–Crippen LogP) is 3.58. The molecule has 0 aliphatic heterocycles. The largest absolute Gasteiger partial charge is 0.481 e. The first-order valence-corrected chi connectivity index (χ1v) is 5.67. The highest BCUT2D eigenvalue weighted by Crippen LogP contribution is 2.20. The van der Waals surface area contributed by atoms with Gasteiger partial charge in [0.1, 0.15) is 0 Å². The predicted molar refractivity (Wildman–Crippen MR) is 73.8 cm³/mol. The van der Waals surface area contributed by atoms with E-state index in [1.807, 2.05) is 20.8 Å². The minimum atomic E-state index is -0.978. The molecule has 0 aliphatic carbocycles. The molecule has 0 amide bonds. The molecular weight excluding hydrogens is 230 g/mol. The summed E-state index contributed by atoms with van der Waals surface area (Å²) in [5, 5.41) is 8.85. The Morgan fingerprint density at radius 1 is 1.44 bits per heavy atom. The summed E-state index contributed by atoms with van der Waals surface area (Å²) in [7, 11) is 1.48. The highest BCUT2D eigenvalue weighted by Gasteiger charge is 2.06. The van der Waals surface area contributed by atoms with Crippen molar-refractivity contribution in [2.45, 2.75) is 20.8 Å². The van der Waals surface area contributed by atoms with Crippen LogP contribution in [0, 0.1) is 6.92 Å². The van der Waals surface area contributed by atoms with Crippen LogP contribution in [0.2, 0.25) is 0 Å². The maximum Gasteiger partial charge on any atom is 0.335 e. The molecule has 4 nitrogen and oxygen atoms in total. The Bertz CT molecular complexity index is 450. The topological polar surface area (TPSA) is 58.9 Å². The molecule has 0 fully saturated rings. The van der Waals surface area contributed by atoms with Crippen LogP contribution in [0.1, 0.15) is 29.8 Å². The van der Waals surface area contributed by atoms with Gasteiger partial charge in [0.2, 0.25) is 5.90 Å². The van der Waals surface area contributed by atoms with Crippen LogP contribution in [0.5, 0.6) is 0 Å². The van der Waals surface area contributed by atoms with Gasteiger partial charge in [-0.2, -0.15) is 0 Å². The van der Waals surface area contributed by atoms with Crippen LogP contribution in [0.3, 0.4) is 0 Å². The zero-order valence-corrected chi connectivity index (χ0v) is 11.2. The minimum Gasteiger partial charge on any atom is -0.481 e. The maximum atomic E-state index is 10.8. The zero-order chi connectivity index (χ0) is 14.1. The first-order valence-electron chi connectivity index (χ1n) is 5.67. The quantitative estimate of drug-likeness (QED) is 0.658. The summed E-state index contributed by atoms with van der Waals surface area (Å²) in [6, 6.07) is 4.75. The van der Waals surface area contributed by atoms with Gasteiger partial charge in [0, 0.05) is 0 Å². The Morgan fingerprint density at radius 2 is 2.06 bits per heavy atom. The Balaban J connectivity index is 0.00000137. The smallest absolute Gasteiger partial charge is 0.335 e. The van der Waals surface area contributed by atoms with Crippen LogP contribution >= 0.6 is 0 Å². The van der Waals surface area contributed by atoms with Crippen molar-refractivity contribution in [2.24, 2.45) is 4.99 Å². The number of carboxylic acids is 1. The van der Waals surface area contributed by atoms with Gasteiger partial charge in [0.05, 0.1) is 18.4 Å². The van der Waals surface area contributed by atoms with E-state index in [9.17, 15) is 4.79 Å². The average molecular weight is 249 g/mol. The number of aryl methyl sites for hydroxylation is 1. The summed E-state index contributed by atoms with van der Waals surface area (Å²) in [5.41, 5.74) is 1.64. The molecule has 0 aromatic heterocycles. The minimum absolute atomic E-state index is 0.198. The van der Waals surface area contributed by atoms with Gasteiger partial charge >= 0.3 is 5.97 Å². The Hall–Kier alpha value is -2.10. The van der Waals surface area contributed by atoms with Gasteiger partial charge < -0.3 is 9.84 Å². The van der Waals surface area contributed by atoms with Crippen LogP contribution in [-0.4, -0.2) is 24.1 Å². The third kappa shape index (κ3) is 4.41. The highest BCUT2D eigenvalue weighted by atomic mass is 16.5. The summed E-state index contributed by atoms with van der Waals surface area (Å²) in [5.74, 6) is -0.625. The zero-order valence-electron chi connectivity index (χ0n) is 11.2. The van der Waals surface area contributed by atoms with Crippen LogP contribution in [0.25, 0.3) is 0 Å². The molecular formula is C14H19NO3. The van der Waals surface area contributed by atoms with E-state index in [1.54, 1.807) is 6.07 Å². The Morgan fingerprint density at radius 3 is 2.50 bits per heavy atom. The number of hydrogen-bond donors (Lipinski definition) is 1. The molecule has 0 saturated heterocycles. The number of ether oxygens (including phenoxy) is 1. The molecule has 0 bridgehead atoms. The Labute approximate surface area is 108 Å². The third-order valence-corrected chi connectivity index (χ3v) is 2.07. The summed E-state index contributed by atoms with van der Waals surface area (Å²) in [4.78, 5) is 14.9. The van der Waals surface area contributed by atoms with Gasteiger partial charge in [-0.25, -0.2) is 9.79 Å². The molecule has 0 aliphatic rings. The van der Waals surface area contributed by atoms with Gasteiger partial charge in [0.25, 0.3) is 0 Å². The molecule has 0 heterocycles. The molecule has 4 heteroatoms. The number of rotatable bonds is 3. The Kier molecular flexibility index (Phi) is 7.12. The van der Waals surface area contributed by atoms with E-state index in [4.69, 9.17) is 9.84 Å². The van der Waals surface area contributed by atoms with Crippen LogP contribution in [-0.2, 0) is 4.74 Å². The molecule has 18 heavy (non-hydrogen) atoms. The maximum absolute atomic E-state index is 10.8. The first kappa shape index (κ1) is 15.9. The van der Waals surface area contributed by atoms with E-state index in [-0.39, 0.29) is 5.56 Å². The van der Waals surface area contributed by atoms with Gasteiger partial charge in [-0.3, -0.25) is 0 Å². The number of carboxylic acid groups (broad SMARTS) is 1. The molecule has 98 valence electrons. The molecule has 0 spiro atoms.